The Morgan fingerprint density at radius 2 is 0.921 bits per heavy atom. The minimum atomic E-state index is -4.63. The van der Waals surface area contributed by atoms with Gasteiger partial charge in [-0.25, -0.2) is 4.57 Å². The molecule has 63 heavy (non-hydrogen) atoms. The smallest absolute Gasteiger partial charge is 0.472 e. The second-order valence-corrected chi connectivity index (χ2v) is 17.7. The largest absolute Gasteiger partial charge is 0.480 e. The predicted molar refractivity (Wildman–Crippen MR) is 263 cm³/mol. The molecule has 0 aromatic heterocycles. The first-order valence-electron chi connectivity index (χ1n) is 24.6. The lowest BCUT2D eigenvalue weighted by molar-refractivity contribution is -0.154. The number of hydrogen-bond donors (Lipinski definition) is 3. The lowest BCUT2D eigenvalue weighted by Gasteiger charge is -2.20. The maximum atomic E-state index is 12.7. The summed E-state index contributed by atoms with van der Waals surface area (Å²) in [7, 11) is -4.63. The molecule has 0 bridgehead atoms. The zero-order valence-electron chi connectivity index (χ0n) is 39.6. The maximum absolute atomic E-state index is 12.7. The average molecular weight is 904 g/mol. The molecule has 3 unspecified atom stereocenters. The number of nitrogens with two attached hydrogens (primary N) is 1. The number of unbranched alkanes of at least 4 members (excludes halogenated alkanes) is 18. The summed E-state index contributed by atoms with van der Waals surface area (Å²) >= 11 is 0. The van der Waals surface area contributed by atoms with Gasteiger partial charge in [0.05, 0.1) is 19.8 Å². The van der Waals surface area contributed by atoms with Crippen LogP contribution in [0.4, 0.5) is 0 Å². The summed E-state index contributed by atoms with van der Waals surface area (Å²) in [6, 6.07) is -1.48. The van der Waals surface area contributed by atoms with Crippen LogP contribution < -0.4 is 5.73 Å². The SMILES string of the molecule is CC/C=C\C/C=C\C/C=C\C/C=C\C/C=C\C/C=C\CCCCCCC(=O)OC(COCCCCCCCCCC/C=C\CCCCCCCC)COP(=O)(O)OCC(N)C(=O)O. The van der Waals surface area contributed by atoms with Gasteiger partial charge in [-0.2, -0.15) is 0 Å². The van der Waals surface area contributed by atoms with Crippen molar-refractivity contribution < 1.29 is 42.7 Å². The average Bonchev–Trinajstić information content (AvgIpc) is 3.26. The first-order chi connectivity index (χ1) is 30.7. The second-order valence-electron chi connectivity index (χ2n) is 16.2. The van der Waals surface area contributed by atoms with Gasteiger partial charge < -0.3 is 25.2 Å². The van der Waals surface area contributed by atoms with Gasteiger partial charge in [0.15, 0.2) is 0 Å². The highest BCUT2D eigenvalue weighted by atomic mass is 31.2. The minimum Gasteiger partial charge on any atom is -0.480 e. The Morgan fingerprint density at radius 3 is 1.40 bits per heavy atom. The van der Waals surface area contributed by atoms with Crippen LogP contribution in [0, 0.1) is 0 Å². The van der Waals surface area contributed by atoms with E-state index < -0.39 is 45.1 Å². The Balaban J connectivity index is 4.26. The molecule has 4 N–H and O–H groups in total. The fraction of sp³-hybridized carbons (Fsp3) is 0.692. The topological polar surface area (TPSA) is 155 Å². The van der Waals surface area contributed by atoms with Gasteiger partial charge in [0.2, 0.25) is 0 Å². The Morgan fingerprint density at radius 1 is 0.524 bits per heavy atom. The number of phosphoric acid groups is 1. The Kier molecular flexibility index (Phi) is 45.0. The number of carbonyl (C=O) groups excluding carboxylic acids is 1. The van der Waals surface area contributed by atoms with E-state index in [1.165, 1.54) is 83.5 Å². The van der Waals surface area contributed by atoms with Gasteiger partial charge in [0.25, 0.3) is 0 Å². The Labute approximate surface area is 384 Å². The van der Waals surface area contributed by atoms with Gasteiger partial charge >= 0.3 is 19.8 Å². The van der Waals surface area contributed by atoms with Gasteiger partial charge in [-0.05, 0) is 89.9 Å². The van der Waals surface area contributed by atoms with Crippen molar-refractivity contribution in [2.45, 2.75) is 206 Å². The van der Waals surface area contributed by atoms with E-state index in [1.807, 2.05) is 0 Å². The fourth-order valence-corrected chi connectivity index (χ4v) is 7.14. The first-order valence-corrected chi connectivity index (χ1v) is 26.1. The van der Waals surface area contributed by atoms with Crippen LogP contribution in [-0.4, -0.2) is 60.5 Å². The summed E-state index contributed by atoms with van der Waals surface area (Å²) in [5, 5.41) is 8.92. The maximum Gasteiger partial charge on any atom is 0.472 e. The number of ether oxygens (including phenoxy) is 2. The molecular formula is C52H90NO9P. The van der Waals surface area contributed by atoms with Gasteiger partial charge in [-0.15, -0.1) is 0 Å². The highest BCUT2D eigenvalue weighted by Crippen LogP contribution is 2.43. The highest BCUT2D eigenvalue weighted by Gasteiger charge is 2.27. The molecule has 0 aliphatic rings. The number of aliphatic carboxylic acids is 1. The molecule has 0 saturated carbocycles. The number of hydrogen-bond acceptors (Lipinski definition) is 8. The van der Waals surface area contributed by atoms with Crippen LogP contribution in [0.25, 0.3) is 0 Å². The molecule has 0 aromatic carbocycles. The Hall–Kier alpha value is -2.85. The molecule has 0 radical (unpaired) electrons. The summed E-state index contributed by atoms with van der Waals surface area (Å²) in [5.41, 5.74) is 5.37. The van der Waals surface area contributed by atoms with Crippen molar-refractivity contribution in [1.29, 1.82) is 0 Å². The molecule has 0 aliphatic carbocycles. The molecule has 3 atom stereocenters. The van der Waals surface area contributed by atoms with E-state index in [-0.39, 0.29) is 13.0 Å². The number of esters is 1. The zero-order chi connectivity index (χ0) is 46.2. The second kappa shape index (κ2) is 47.1. The van der Waals surface area contributed by atoms with E-state index in [2.05, 4.69) is 98.9 Å². The molecule has 0 heterocycles. The van der Waals surface area contributed by atoms with E-state index in [9.17, 15) is 19.0 Å². The number of carboxylic acids is 1. The summed E-state index contributed by atoms with van der Waals surface area (Å²) in [6.45, 7) is 3.72. The minimum absolute atomic E-state index is 0.000256. The number of rotatable bonds is 46. The van der Waals surface area contributed by atoms with Crippen LogP contribution in [-0.2, 0) is 32.7 Å². The molecular weight excluding hydrogens is 814 g/mol. The van der Waals surface area contributed by atoms with Gasteiger partial charge in [-0.1, -0.05) is 182 Å². The number of carboxylic acid groups (broad SMARTS) is 1. The number of phosphoric ester groups is 1. The molecule has 0 rings (SSSR count). The molecule has 362 valence electrons. The van der Waals surface area contributed by atoms with E-state index >= 15 is 0 Å². The lowest BCUT2D eigenvalue weighted by Crippen LogP contribution is -2.34. The molecule has 0 aromatic rings. The first kappa shape index (κ1) is 60.2. The van der Waals surface area contributed by atoms with Crippen LogP contribution in [0.2, 0.25) is 0 Å². The zero-order valence-corrected chi connectivity index (χ0v) is 40.5. The summed E-state index contributed by atoms with van der Waals surface area (Å²) in [6.07, 6.45) is 60.6. The molecule has 0 amide bonds. The van der Waals surface area contributed by atoms with Crippen molar-refractivity contribution in [2.75, 3.05) is 26.4 Å². The van der Waals surface area contributed by atoms with Crippen molar-refractivity contribution in [3.05, 3.63) is 85.1 Å². The summed E-state index contributed by atoms with van der Waals surface area (Å²) in [4.78, 5) is 33.7. The van der Waals surface area contributed by atoms with Crippen molar-refractivity contribution in [1.82, 2.24) is 0 Å². The number of carbonyl (C=O) groups is 2. The molecule has 0 aliphatic heterocycles. The van der Waals surface area contributed by atoms with Crippen molar-refractivity contribution in [3.8, 4) is 0 Å². The molecule has 0 spiro atoms. The quantitative estimate of drug-likeness (QED) is 0.0233. The molecule has 10 nitrogen and oxygen atoms in total. The summed E-state index contributed by atoms with van der Waals surface area (Å²) < 4.78 is 33.4. The summed E-state index contributed by atoms with van der Waals surface area (Å²) in [5.74, 6) is -1.81. The van der Waals surface area contributed by atoms with E-state index in [0.717, 1.165) is 83.5 Å². The molecule has 11 heteroatoms. The highest BCUT2D eigenvalue weighted by molar-refractivity contribution is 7.47. The van der Waals surface area contributed by atoms with Gasteiger partial charge in [0.1, 0.15) is 12.1 Å². The van der Waals surface area contributed by atoms with E-state index in [4.69, 9.17) is 29.4 Å². The van der Waals surface area contributed by atoms with Crippen LogP contribution in [0.1, 0.15) is 194 Å². The fourth-order valence-electron chi connectivity index (χ4n) is 6.37. The predicted octanol–water partition coefficient (Wildman–Crippen LogP) is 14.3. The third-order valence-corrected chi connectivity index (χ3v) is 11.1. The standard InChI is InChI=1S/C52H90NO9P/c1-3-5-7-9-11-13-15-17-19-21-23-24-25-26-27-28-30-32-34-36-38-40-42-44-51(54)62-49(47-60-63(57,58)61-48-50(53)52(55)56)46-59-45-43-41-39-37-35-33-31-29-22-20-18-16-14-12-10-8-6-4-2/h5,7,11,13,17-20,23-24,26-27,30,32,49-50H,3-4,6,8-10,12,14-16,21-22,25,28-29,31,33-48,53H2,1-2H3,(H,55,56)(H,57,58)/b7-5-,13-11-,19-17-,20-18-,24-23-,27-26-,32-30-. The van der Waals surface area contributed by atoms with Crippen LogP contribution >= 0.6 is 7.82 Å². The van der Waals surface area contributed by atoms with Crippen molar-refractivity contribution in [3.63, 3.8) is 0 Å². The Bertz CT molecular complexity index is 1320. The van der Waals surface area contributed by atoms with Crippen molar-refractivity contribution >= 4 is 19.8 Å². The van der Waals surface area contributed by atoms with Crippen molar-refractivity contribution in [2.24, 2.45) is 5.73 Å². The number of allylic oxidation sites excluding steroid dienone is 14. The monoisotopic (exact) mass is 904 g/mol. The molecule has 0 saturated heterocycles. The van der Waals surface area contributed by atoms with Crippen LogP contribution in [0.3, 0.4) is 0 Å². The van der Waals surface area contributed by atoms with Crippen LogP contribution in [0.15, 0.2) is 85.1 Å². The normalized spacial score (nSPS) is 14.5. The van der Waals surface area contributed by atoms with Gasteiger partial charge in [0, 0.05) is 13.0 Å². The molecule has 0 fully saturated rings. The van der Waals surface area contributed by atoms with Crippen LogP contribution in [0.5, 0.6) is 0 Å². The third kappa shape index (κ3) is 46.9. The van der Waals surface area contributed by atoms with E-state index in [0.29, 0.717) is 13.0 Å². The van der Waals surface area contributed by atoms with Gasteiger partial charge in [-0.3, -0.25) is 18.6 Å². The third-order valence-electron chi connectivity index (χ3n) is 10.2. The van der Waals surface area contributed by atoms with E-state index in [1.54, 1.807) is 0 Å². The lowest BCUT2D eigenvalue weighted by atomic mass is 10.1.